The highest BCUT2D eigenvalue weighted by atomic mass is 16.2. The smallest absolute Gasteiger partial charge is 0.255 e. The summed E-state index contributed by atoms with van der Waals surface area (Å²) in [5, 5.41) is 0. The molecule has 3 N–H and O–H groups in total. The Morgan fingerprint density at radius 1 is 1.47 bits per heavy atom. The van der Waals surface area contributed by atoms with Gasteiger partial charge in [0.25, 0.3) is 5.91 Å². The summed E-state index contributed by atoms with van der Waals surface area (Å²) >= 11 is 0. The molecule has 0 aliphatic heterocycles. The SMILES string of the molecule is CN(CC1CCCCC1)C(=O)c1ccncc1NN. The average Bonchev–Trinajstić information content (AvgIpc) is 2.47. The van der Waals surface area contributed by atoms with Gasteiger partial charge >= 0.3 is 0 Å². The number of nitrogens with zero attached hydrogens (tertiary/aromatic N) is 2. The fraction of sp³-hybridized carbons (Fsp3) is 0.571. The van der Waals surface area contributed by atoms with E-state index in [1.807, 2.05) is 7.05 Å². The Balaban J connectivity index is 2.01. The molecule has 1 aliphatic rings. The van der Waals surface area contributed by atoms with Crippen LogP contribution < -0.4 is 11.3 Å². The van der Waals surface area contributed by atoms with Crippen LogP contribution in [0.15, 0.2) is 18.5 Å². The number of rotatable bonds is 4. The molecule has 0 spiro atoms. The minimum absolute atomic E-state index is 0.000855. The molecule has 0 bridgehead atoms. The van der Waals surface area contributed by atoms with Crippen LogP contribution in [0.3, 0.4) is 0 Å². The number of aromatic nitrogens is 1. The number of nitrogens with two attached hydrogens (primary N) is 1. The summed E-state index contributed by atoms with van der Waals surface area (Å²) in [4.78, 5) is 18.2. The second-order valence-corrected chi connectivity index (χ2v) is 5.26. The molecule has 1 heterocycles. The van der Waals surface area contributed by atoms with Crippen molar-refractivity contribution in [2.75, 3.05) is 19.0 Å². The van der Waals surface area contributed by atoms with Crippen LogP contribution in [0.5, 0.6) is 0 Å². The molecule has 0 unspecified atom stereocenters. The van der Waals surface area contributed by atoms with Crippen LogP contribution in [0.4, 0.5) is 5.69 Å². The molecule has 0 atom stereocenters. The number of carbonyl (C=O) groups is 1. The molecule has 2 rings (SSSR count). The number of hydrogen-bond donors (Lipinski definition) is 2. The van der Waals surface area contributed by atoms with Gasteiger partial charge in [-0.2, -0.15) is 0 Å². The fourth-order valence-electron chi connectivity index (χ4n) is 2.74. The molecule has 1 fully saturated rings. The molecular formula is C14H22N4O. The van der Waals surface area contributed by atoms with Crippen LogP contribution in [-0.4, -0.2) is 29.4 Å². The summed E-state index contributed by atoms with van der Waals surface area (Å²) in [6.07, 6.45) is 9.56. The maximum atomic E-state index is 12.4. The minimum Gasteiger partial charge on any atom is -0.341 e. The summed E-state index contributed by atoms with van der Waals surface area (Å²) in [7, 11) is 1.86. The van der Waals surface area contributed by atoms with Crippen molar-refractivity contribution in [2.45, 2.75) is 32.1 Å². The van der Waals surface area contributed by atoms with Gasteiger partial charge in [-0.25, -0.2) is 0 Å². The number of carbonyl (C=O) groups excluding carboxylic acids is 1. The molecule has 1 saturated carbocycles. The molecule has 1 aromatic heterocycles. The second-order valence-electron chi connectivity index (χ2n) is 5.26. The van der Waals surface area contributed by atoms with Crippen LogP contribution in [-0.2, 0) is 0 Å². The van der Waals surface area contributed by atoms with Crippen LogP contribution in [0.1, 0.15) is 42.5 Å². The third-order valence-electron chi connectivity index (χ3n) is 3.81. The molecule has 19 heavy (non-hydrogen) atoms. The Morgan fingerprint density at radius 3 is 2.89 bits per heavy atom. The van der Waals surface area contributed by atoms with Gasteiger partial charge in [-0.3, -0.25) is 15.6 Å². The van der Waals surface area contributed by atoms with E-state index in [0.29, 0.717) is 17.2 Å². The number of pyridine rings is 1. The van der Waals surface area contributed by atoms with E-state index in [-0.39, 0.29) is 5.91 Å². The first-order chi connectivity index (χ1) is 9.22. The largest absolute Gasteiger partial charge is 0.341 e. The van der Waals surface area contributed by atoms with Crippen molar-refractivity contribution in [1.29, 1.82) is 0 Å². The highest BCUT2D eigenvalue weighted by molar-refractivity contribution is 5.99. The predicted octanol–water partition coefficient (Wildman–Crippen LogP) is 2.02. The van der Waals surface area contributed by atoms with Crippen LogP contribution >= 0.6 is 0 Å². The lowest BCUT2D eigenvalue weighted by Gasteiger charge is -2.27. The maximum Gasteiger partial charge on any atom is 0.255 e. The van der Waals surface area contributed by atoms with Crippen LogP contribution in [0.25, 0.3) is 0 Å². The molecule has 1 aliphatic carbocycles. The van der Waals surface area contributed by atoms with Crippen LogP contribution in [0.2, 0.25) is 0 Å². The van der Waals surface area contributed by atoms with E-state index < -0.39 is 0 Å². The summed E-state index contributed by atoms with van der Waals surface area (Å²) < 4.78 is 0. The van der Waals surface area contributed by atoms with E-state index in [4.69, 9.17) is 5.84 Å². The lowest BCUT2D eigenvalue weighted by atomic mass is 9.89. The monoisotopic (exact) mass is 262 g/mol. The van der Waals surface area contributed by atoms with Gasteiger partial charge in [0.15, 0.2) is 0 Å². The zero-order valence-corrected chi connectivity index (χ0v) is 11.4. The van der Waals surface area contributed by atoms with E-state index in [1.165, 1.54) is 32.1 Å². The molecule has 0 aromatic carbocycles. The van der Waals surface area contributed by atoms with Crippen molar-refractivity contribution in [3.63, 3.8) is 0 Å². The molecular weight excluding hydrogens is 240 g/mol. The number of anilines is 1. The first-order valence-corrected chi connectivity index (χ1v) is 6.88. The molecule has 0 saturated heterocycles. The van der Waals surface area contributed by atoms with Crippen molar-refractivity contribution in [2.24, 2.45) is 11.8 Å². The summed E-state index contributed by atoms with van der Waals surface area (Å²) in [6.45, 7) is 0.825. The van der Waals surface area contributed by atoms with Crippen molar-refractivity contribution in [3.05, 3.63) is 24.0 Å². The lowest BCUT2D eigenvalue weighted by Crippen LogP contribution is -2.33. The molecule has 1 amide bonds. The van der Waals surface area contributed by atoms with Crippen molar-refractivity contribution in [1.82, 2.24) is 9.88 Å². The number of nitrogen functional groups attached to an aromatic ring is 1. The first-order valence-electron chi connectivity index (χ1n) is 6.88. The molecule has 5 heteroatoms. The normalized spacial score (nSPS) is 16.1. The highest BCUT2D eigenvalue weighted by Crippen LogP contribution is 2.25. The van der Waals surface area contributed by atoms with E-state index in [1.54, 1.807) is 23.4 Å². The number of nitrogens with one attached hydrogen (secondary N) is 1. The number of amides is 1. The zero-order chi connectivity index (χ0) is 13.7. The van der Waals surface area contributed by atoms with Gasteiger partial charge in [-0.1, -0.05) is 19.3 Å². The summed E-state index contributed by atoms with van der Waals surface area (Å²) in [5.74, 6) is 6.05. The summed E-state index contributed by atoms with van der Waals surface area (Å²) in [6, 6.07) is 1.70. The third kappa shape index (κ3) is 3.44. The number of hydrogen-bond acceptors (Lipinski definition) is 4. The fourth-order valence-corrected chi connectivity index (χ4v) is 2.74. The Kier molecular flexibility index (Phi) is 4.74. The van der Waals surface area contributed by atoms with E-state index in [9.17, 15) is 4.79 Å². The second kappa shape index (κ2) is 6.52. The molecule has 5 nitrogen and oxygen atoms in total. The Hall–Kier alpha value is -1.62. The average molecular weight is 262 g/mol. The van der Waals surface area contributed by atoms with E-state index >= 15 is 0 Å². The molecule has 104 valence electrons. The molecule has 0 radical (unpaired) electrons. The standard InChI is InChI=1S/C14H22N4O/c1-18(10-11-5-3-2-4-6-11)14(19)12-7-8-16-9-13(12)17-15/h7-9,11,17H,2-6,10,15H2,1H3. The Bertz CT molecular complexity index is 429. The van der Waals surface area contributed by atoms with Gasteiger partial charge in [-0.05, 0) is 24.8 Å². The topological polar surface area (TPSA) is 71.2 Å². The van der Waals surface area contributed by atoms with Gasteiger partial charge in [0.1, 0.15) is 0 Å². The van der Waals surface area contributed by atoms with Gasteiger partial charge in [0, 0.05) is 19.8 Å². The van der Waals surface area contributed by atoms with Crippen molar-refractivity contribution in [3.8, 4) is 0 Å². The zero-order valence-electron chi connectivity index (χ0n) is 11.4. The van der Waals surface area contributed by atoms with Gasteiger partial charge in [0.2, 0.25) is 0 Å². The third-order valence-corrected chi connectivity index (χ3v) is 3.81. The summed E-state index contributed by atoms with van der Waals surface area (Å²) in [5.41, 5.74) is 3.68. The van der Waals surface area contributed by atoms with Crippen molar-refractivity contribution < 1.29 is 4.79 Å². The van der Waals surface area contributed by atoms with Gasteiger partial charge in [-0.15, -0.1) is 0 Å². The Labute approximate surface area is 114 Å². The van der Waals surface area contributed by atoms with Crippen LogP contribution in [0, 0.1) is 5.92 Å². The first kappa shape index (κ1) is 13.8. The maximum absolute atomic E-state index is 12.4. The highest BCUT2D eigenvalue weighted by Gasteiger charge is 2.20. The van der Waals surface area contributed by atoms with E-state index in [0.717, 1.165) is 6.54 Å². The Morgan fingerprint density at radius 2 is 2.21 bits per heavy atom. The quantitative estimate of drug-likeness (QED) is 0.643. The van der Waals surface area contributed by atoms with E-state index in [2.05, 4.69) is 10.4 Å². The minimum atomic E-state index is 0.000855. The molecule has 1 aromatic rings. The van der Waals surface area contributed by atoms with Gasteiger partial charge in [0.05, 0.1) is 17.4 Å². The predicted molar refractivity (Wildman–Crippen MR) is 75.6 cm³/mol. The lowest BCUT2D eigenvalue weighted by molar-refractivity contribution is 0.0761. The van der Waals surface area contributed by atoms with Gasteiger partial charge < -0.3 is 10.3 Å². The number of hydrazine groups is 1. The van der Waals surface area contributed by atoms with Crippen molar-refractivity contribution >= 4 is 11.6 Å².